The molecule has 5 nitrogen and oxygen atoms in total. The van der Waals surface area contributed by atoms with Crippen molar-refractivity contribution in [1.29, 1.82) is 0 Å². The van der Waals surface area contributed by atoms with Gasteiger partial charge in [-0.3, -0.25) is 4.79 Å². The predicted octanol–water partition coefficient (Wildman–Crippen LogP) is 4.38. The maximum atomic E-state index is 12.6. The van der Waals surface area contributed by atoms with Crippen molar-refractivity contribution in [3.05, 3.63) is 84.1 Å². The summed E-state index contributed by atoms with van der Waals surface area (Å²) in [5.41, 5.74) is 3.68. The molecule has 0 bridgehead atoms. The molecule has 1 unspecified atom stereocenters. The normalized spacial score (nSPS) is 11.5. The molecular weight excluding hydrogens is 336 g/mol. The van der Waals surface area contributed by atoms with Crippen LogP contribution >= 0.6 is 0 Å². The lowest BCUT2D eigenvalue weighted by atomic mass is 10.1. The first-order chi connectivity index (χ1) is 13.0. The molecule has 1 aromatic heterocycles. The SMILES string of the molecule is CC(NC(=O)c1ccnc(Nc2ccc(N(C)C)cc2)c1)c1ccccc1. The van der Waals surface area contributed by atoms with Crippen LogP contribution in [0, 0.1) is 0 Å². The summed E-state index contributed by atoms with van der Waals surface area (Å²) in [4.78, 5) is 18.9. The summed E-state index contributed by atoms with van der Waals surface area (Å²) in [5.74, 6) is 0.507. The topological polar surface area (TPSA) is 57.3 Å². The quantitative estimate of drug-likeness (QED) is 0.685. The standard InChI is InChI=1S/C22H24N4O/c1-16(17-7-5-4-6-8-17)24-22(27)18-13-14-23-21(15-18)25-19-9-11-20(12-10-19)26(2)3/h4-16H,1-3H3,(H,23,25)(H,24,27). The summed E-state index contributed by atoms with van der Waals surface area (Å²) < 4.78 is 0. The molecule has 5 heteroatoms. The number of nitrogens with one attached hydrogen (secondary N) is 2. The van der Waals surface area contributed by atoms with Crippen molar-refractivity contribution in [3.8, 4) is 0 Å². The van der Waals surface area contributed by atoms with Crippen LogP contribution in [0.2, 0.25) is 0 Å². The van der Waals surface area contributed by atoms with Crippen LogP contribution < -0.4 is 15.5 Å². The molecule has 0 aliphatic carbocycles. The van der Waals surface area contributed by atoms with Crippen molar-refractivity contribution in [1.82, 2.24) is 10.3 Å². The van der Waals surface area contributed by atoms with Crippen LogP contribution in [0.4, 0.5) is 17.2 Å². The van der Waals surface area contributed by atoms with Crippen LogP contribution in [0.5, 0.6) is 0 Å². The van der Waals surface area contributed by atoms with Gasteiger partial charge < -0.3 is 15.5 Å². The Kier molecular flexibility index (Phi) is 5.71. The molecule has 0 aliphatic heterocycles. The summed E-state index contributed by atoms with van der Waals surface area (Å²) >= 11 is 0. The zero-order chi connectivity index (χ0) is 19.2. The van der Waals surface area contributed by atoms with E-state index in [-0.39, 0.29) is 11.9 Å². The number of carbonyl (C=O) groups excluding carboxylic acids is 1. The molecule has 0 saturated carbocycles. The third-order valence-electron chi connectivity index (χ3n) is 4.33. The lowest BCUT2D eigenvalue weighted by Crippen LogP contribution is -2.26. The van der Waals surface area contributed by atoms with E-state index in [1.807, 2.05) is 80.5 Å². The van der Waals surface area contributed by atoms with Gasteiger partial charge in [0, 0.05) is 37.2 Å². The maximum Gasteiger partial charge on any atom is 0.251 e. The molecule has 3 aromatic rings. The number of carbonyl (C=O) groups is 1. The van der Waals surface area contributed by atoms with Gasteiger partial charge in [0.05, 0.1) is 6.04 Å². The second-order valence-electron chi connectivity index (χ2n) is 6.60. The molecule has 3 rings (SSSR count). The van der Waals surface area contributed by atoms with E-state index in [9.17, 15) is 4.79 Å². The number of aromatic nitrogens is 1. The highest BCUT2D eigenvalue weighted by Gasteiger charge is 2.12. The van der Waals surface area contributed by atoms with Crippen molar-refractivity contribution in [3.63, 3.8) is 0 Å². The van der Waals surface area contributed by atoms with E-state index in [0.29, 0.717) is 11.4 Å². The fourth-order valence-corrected chi connectivity index (χ4v) is 2.74. The van der Waals surface area contributed by atoms with Crippen LogP contribution in [0.1, 0.15) is 28.9 Å². The lowest BCUT2D eigenvalue weighted by molar-refractivity contribution is 0.0940. The lowest BCUT2D eigenvalue weighted by Gasteiger charge is -2.15. The van der Waals surface area contributed by atoms with Gasteiger partial charge in [0.25, 0.3) is 5.91 Å². The Morgan fingerprint density at radius 1 is 1.00 bits per heavy atom. The summed E-state index contributed by atoms with van der Waals surface area (Å²) in [6, 6.07) is 21.3. The monoisotopic (exact) mass is 360 g/mol. The molecule has 0 spiro atoms. The Bertz CT molecular complexity index is 892. The fraction of sp³-hybridized carbons (Fsp3) is 0.182. The summed E-state index contributed by atoms with van der Waals surface area (Å²) in [5, 5.41) is 6.26. The van der Waals surface area contributed by atoms with Gasteiger partial charge in [-0.05, 0) is 48.9 Å². The highest BCUT2D eigenvalue weighted by molar-refractivity contribution is 5.95. The third kappa shape index (κ3) is 4.85. The number of amides is 1. The zero-order valence-electron chi connectivity index (χ0n) is 15.8. The molecule has 2 aromatic carbocycles. The number of benzene rings is 2. The molecule has 0 radical (unpaired) electrons. The molecule has 0 aliphatic rings. The Morgan fingerprint density at radius 3 is 2.37 bits per heavy atom. The van der Waals surface area contributed by atoms with Gasteiger partial charge in [0.2, 0.25) is 0 Å². The van der Waals surface area contributed by atoms with Gasteiger partial charge in [0.15, 0.2) is 0 Å². The van der Waals surface area contributed by atoms with Crippen LogP contribution in [0.25, 0.3) is 0 Å². The largest absolute Gasteiger partial charge is 0.378 e. The number of rotatable bonds is 6. The van der Waals surface area contributed by atoms with Gasteiger partial charge in [-0.2, -0.15) is 0 Å². The average Bonchev–Trinajstić information content (AvgIpc) is 2.69. The molecule has 2 N–H and O–H groups in total. The smallest absolute Gasteiger partial charge is 0.251 e. The van der Waals surface area contributed by atoms with E-state index in [1.165, 1.54) is 0 Å². The van der Waals surface area contributed by atoms with Crippen molar-refractivity contribution in [2.75, 3.05) is 24.3 Å². The number of anilines is 3. The van der Waals surface area contributed by atoms with E-state index < -0.39 is 0 Å². The van der Waals surface area contributed by atoms with Crippen molar-refractivity contribution >= 4 is 23.1 Å². The number of nitrogens with zero attached hydrogens (tertiary/aromatic N) is 2. The molecule has 1 atom stereocenters. The third-order valence-corrected chi connectivity index (χ3v) is 4.33. The van der Waals surface area contributed by atoms with Gasteiger partial charge >= 0.3 is 0 Å². The first kappa shape index (κ1) is 18.5. The molecule has 27 heavy (non-hydrogen) atoms. The van der Waals surface area contributed by atoms with Crippen molar-refractivity contribution in [2.45, 2.75) is 13.0 Å². The summed E-state index contributed by atoms with van der Waals surface area (Å²) in [6.45, 7) is 1.97. The number of pyridine rings is 1. The first-order valence-corrected chi connectivity index (χ1v) is 8.89. The fourth-order valence-electron chi connectivity index (χ4n) is 2.74. The van der Waals surface area contributed by atoms with Crippen LogP contribution in [0.15, 0.2) is 72.9 Å². The molecule has 1 heterocycles. The van der Waals surface area contributed by atoms with Gasteiger partial charge in [0.1, 0.15) is 5.82 Å². The minimum atomic E-state index is -0.125. The Labute approximate surface area is 160 Å². The molecule has 1 amide bonds. The Balaban J connectivity index is 1.68. The van der Waals surface area contributed by atoms with E-state index in [4.69, 9.17) is 0 Å². The maximum absolute atomic E-state index is 12.6. The Hall–Kier alpha value is -3.34. The van der Waals surface area contributed by atoms with Crippen LogP contribution in [0.3, 0.4) is 0 Å². The zero-order valence-corrected chi connectivity index (χ0v) is 15.8. The van der Waals surface area contributed by atoms with Crippen LogP contribution in [-0.4, -0.2) is 25.0 Å². The number of hydrogen-bond donors (Lipinski definition) is 2. The summed E-state index contributed by atoms with van der Waals surface area (Å²) in [7, 11) is 4.00. The Morgan fingerprint density at radius 2 is 1.70 bits per heavy atom. The highest BCUT2D eigenvalue weighted by Crippen LogP contribution is 2.20. The highest BCUT2D eigenvalue weighted by atomic mass is 16.1. The van der Waals surface area contributed by atoms with Gasteiger partial charge in [-0.15, -0.1) is 0 Å². The molecule has 138 valence electrons. The average molecular weight is 360 g/mol. The van der Waals surface area contributed by atoms with E-state index in [0.717, 1.165) is 16.9 Å². The minimum Gasteiger partial charge on any atom is -0.378 e. The first-order valence-electron chi connectivity index (χ1n) is 8.89. The van der Waals surface area contributed by atoms with Crippen molar-refractivity contribution in [2.24, 2.45) is 0 Å². The number of hydrogen-bond acceptors (Lipinski definition) is 4. The van der Waals surface area contributed by atoms with E-state index >= 15 is 0 Å². The van der Waals surface area contributed by atoms with E-state index in [1.54, 1.807) is 18.3 Å². The van der Waals surface area contributed by atoms with E-state index in [2.05, 4.69) is 15.6 Å². The second kappa shape index (κ2) is 8.36. The molecule has 0 saturated heterocycles. The molecule has 0 fully saturated rings. The second-order valence-corrected chi connectivity index (χ2v) is 6.60. The predicted molar refractivity (Wildman–Crippen MR) is 111 cm³/mol. The van der Waals surface area contributed by atoms with Crippen LogP contribution in [-0.2, 0) is 0 Å². The van der Waals surface area contributed by atoms with Gasteiger partial charge in [-0.1, -0.05) is 30.3 Å². The molecular formula is C22H24N4O. The summed E-state index contributed by atoms with van der Waals surface area (Å²) in [6.07, 6.45) is 1.64. The van der Waals surface area contributed by atoms with Gasteiger partial charge in [-0.25, -0.2) is 4.98 Å². The van der Waals surface area contributed by atoms with Crippen molar-refractivity contribution < 1.29 is 4.79 Å². The minimum absolute atomic E-state index is 0.0677.